The molecular weight excluding hydrogens is 248 g/mol. The fourth-order valence-electron chi connectivity index (χ4n) is 1.90. The van der Waals surface area contributed by atoms with Crippen molar-refractivity contribution in [1.82, 2.24) is 5.32 Å². The minimum Gasteiger partial charge on any atom is -0.394 e. The van der Waals surface area contributed by atoms with Gasteiger partial charge in [0, 0.05) is 12.1 Å². The minimum atomic E-state index is -0.482. The largest absolute Gasteiger partial charge is 0.394 e. The van der Waals surface area contributed by atoms with Crippen LogP contribution >= 0.6 is 0 Å². The molecule has 1 atom stereocenters. The van der Waals surface area contributed by atoms with Crippen LogP contribution in [0.2, 0.25) is 0 Å². The van der Waals surface area contributed by atoms with Crippen LogP contribution in [0.5, 0.6) is 0 Å². The number of aliphatic hydroxyl groups is 1. The van der Waals surface area contributed by atoms with Crippen molar-refractivity contribution >= 4 is 11.6 Å². The van der Waals surface area contributed by atoms with E-state index in [9.17, 15) is 20.0 Å². The zero-order valence-electron chi connectivity index (χ0n) is 10.6. The van der Waals surface area contributed by atoms with E-state index in [1.165, 1.54) is 12.1 Å². The second-order valence-corrected chi connectivity index (χ2v) is 5.00. The Bertz CT molecular complexity index is 511. The van der Waals surface area contributed by atoms with Gasteiger partial charge in [-0.25, -0.2) is 0 Å². The van der Waals surface area contributed by atoms with Crippen molar-refractivity contribution in [3.05, 3.63) is 39.9 Å². The molecule has 6 heteroatoms. The lowest BCUT2D eigenvalue weighted by Crippen LogP contribution is -2.41. The van der Waals surface area contributed by atoms with E-state index in [0.717, 1.165) is 12.8 Å². The summed E-state index contributed by atoms with van der Waals surface area (Å²) in [4.78, 5) is 22.3. The van der Waals surface area contributed by atoms with Crippen molar-refractivity contribution in [2.24, 2.45) is 0 Å². The molecule has 1 fully saturated rings. The molecule has 2 rings (SSSR count). The highest BCUT2D eigenvalue weighted by Gasteiger charge is 2.44. The number of carbonyl (C=O) groups excluding carboxylic acids is 1. The lowest BCUT2D eigenvalue weighted by atomic mass is 9.99. The molecule has 1 aliphatic carbocycles. The number of aliphatic hydroxyl groups excluding tert-OH is 1. The average molecular weight is 264 g/mol. The van der Waals surface area contributed by atoms with Gasteiger partial charge in [-0.1, -0.05) is 12.1 Å². The quantitative estimate of drug-likeness (QED) is 0.620. The summed E-state index contributed by atoms with van der Waals surface area (Å²) in [6.07, 6.45) is 1.55. The Labute approximate surface area is 110 Å². The third-order valence-corrected chi connectivity index (χ3v) is 3.52. The number of nitrogens with one attached hydrogen (secondary N) is 1. The SMILES string of the molecule is CC(C(=O)NC1(CO)CC1)c1cccc([N+](=O)[O-])c1. The topological polar surface area (TPSA) is 92.5 Å². The Balaban J connectivity index is 2.10. The molecule has 2 N–H and O–H groups in total. The third kappa shape index (κ3) is 2.90. The Morgan fingerprint density at radius 1 is 1.58 bits per heavy atom. The van der Waals surface area contributed by atoms with E-state index in [-0.39, 0.29) is 18.2 Å². The van der Waals surface area contributed by atoms with Gasteiger partial charge >= 0.3 is 0 Å². The van der Waals surface area contributed by atoms with Crippen molar-refractivity contribution < 1.29 is 14.8 Å². The molecule has 1 aliphatic rings. The number of hydrogen-bond donors (Lipinski definition) is 2. The first kappa shape index (κ1) is 13.5. The molecule has 0 aromatic heterocycles. The molecular formula is C13H16N2O4. The third-order valence-electron chi connectivity index (χ3n) is 3.52. The first-order chi connectivity index (χ1) is 8.97. The van der Waals surface area contributed by atoms with E-state index in [4.69, 9.17) is 0 Å². The summed E-state index contributed by atoms with van der Waals surface area (Å²) in [5.41, 5.74) is 0.104. The first-order valence-corrected chi connectivity index (χ1v) is 6.15. The van der Waals surface area contributed by atoms with E-state index in [2.05, 4.69) is 5.32 Å². The van der Waals surface area contributed by atoms with Gasteiger partial charge in [0.1, 0.15) is 0 Å². The summed E-state index contributed by atoms with van der Waals surface area (Å²) >= 11 is 0. The maximum atomic E-state index is 12.0. The molecule has 0 saturated heterocycles. The van der Waals surface area contributed by atoms with Gasteiger partial charge in [0.2, 0.25) is 5.91 Å². The van der Waals surface area contributed by atoms with Crippen molar-refractivity contribution in [3.63, 3.8) is 0 Å². The predicted molar refractivity (Wildman–Crippen MR) is 68.7 cm³/mol. The number of rotatable bonds is 5. The summed E-state index contributed by atoms with van der Waals surface area (Å²) < 4.78 is 0. The molecule has 1 amide bonds. The molecule has 0 spiro atoms. The average Bonchev–Trinajstić information content (AvgIpc) is 3.18. The van der Waals surface area contributed by atoms with Crippen LogP contribution in [0.1, 0.15) is 31.2 Å². The minimum absolute atomic E-state index is 0.0274. The maximum Gasteiger partial charge on any atom is 0.269 e. The fourth-order valence-corrected chi connectivity index (χ4v) is 1.90. The number of amides is 1. The lowest BCUT2D eigenvalue weighted by Gasteiger charge is -2.18. The van der Waals surface area contributed by atoms with Gasteiger partial charge in [-0.2, -0.15) is 0 Å². The lowest BCUT2D eigenvalue weighted by molar-refractivity contribution is -0.384. The van der Waals surface area contributed by atoms with Gasteiger partial charge in [-0.05, 0) is 25.3 Å². The Kier molecular flexibility index (Phi) is 3.53. The maximum absolute atomic E-state index is 12.0. The number of nitrogens with zero attached hydrogens (tertiary/aromatic N) is 1. The number of benzene rings is 1. The van der Waals surface area contributed by atoms with E-state index in [1.807, 2.05) is 0 Å². The molecule has 0 radical (unpaired) electrons. The van der Waals surface area contributed by atoms with Crippen molar-refractivity contribution in [2.75, 3.05) is 6.61 Å². The van der Waals surface area contributed by atoms with E-state index >= 15 is 0 Å². The molecule has 1 saturated carbocycles. The highest BCUT2D eigenvalue weighted by atomic mass is 16.6. The number of carbonyl (C=O) groups is 1. The smallest absolute Gasteiger partial charge is 0.269 e. The molecule has 0 heterocycles. The van der Waals surface area contributed by atoms with Crippen LogP contribution < -0.4 is 5.32 Å². The highest BCUT2D eigenvalue weighted by molar-refractivity contribution is 5.84. The Morgan fingerprint density at radius 2 is 2.26 bits per heavy atom. The van der Waals surface area contributed by atoms with Crippen molar-refractivity contribution in [1.29, 1.82) is 0 Å². The van der Waals surface area contributed by atoms with Crippen LogP contribution in [0, 0.1) is 10.1 Å². The second kappa shape index (κ2) is 4.97. The number of nitro benzene ring substituents is 1. The molecule has 102 valence electrons. The van der Waals surface area contributed by atoms with E-state index in [0.29, 0.717) is 5.56 Å². The zero-order valence-corrected chi connectivity index (χ0v) is 10.6. The van der Waals surface area contributed by atoms with Gasteiger partial charge in [-0.3, -0.25) is 14.9 Å². The Hall–Kier alpha value is -1.95. The number of hydrogen-bond acceptors (Lipinski definition) is 4. The van der Waals surface area contributed by atoms with Crippen LogP contribution in [0.25, 0.3) is 0 Å². The molecule has 1 aromatic carbocycles. The second-order valence-electron chi connectivity index (χ2n) is 5.00. The molecule has 1 aromatic rings. The monoisotopic (exact) mass is 264 g/mol. The van der Waals surface area contributed by atoms with Crippen LogP contribution in [-0.2, 0) is 4.79 Å². The molecule has 6 nitrogen and oxygen atoms in total. The highest BCUT2D eigenvalue weighted by Crippen LogP contribution is 2.35. The molecule has 0 bridgehead atoms. The fraction of sp³-hybridized carbons (Fsp3) is 0.462. The van der Waals surface area contributed by atoms with Gasteiger partial charge in [-0.15, -0.1) is 0 Å². The van der Waals surface area contributed by atoms with Gasteiger partial charge in [0.15, 0.2) is 0 Å². The standard InChI is InChI=1S/C13H16N2O4/c1-9(12(17)14-13(8-16)5-6-13)10-3-2-4-11(7-10)15(18)19/h2-4,7,9,16H,5-6,8H2,1H3,(H,14,17). The van der Waals surface area contributed by atoms with Crippen molar-refractivity contribution in [2.45, 2.75) is 31.2 Å². The molecule has 1 unspecified atom stereocenters. The van der Waals surface area contributed by atoms with Gasteiger partial charge in [0.25, 0.3) is 5.69 Å². The number of non-ortho nitro benzene ring substituents is 1. The van der Waals surface area contributed by atoms with Crippen LogP contribution in [0.15, 0.2) is 24.3 Å². The summed E-state index contributed by atoms with van der Waals surface area (Å²) in [5.74, 6) is -0.698. The zero-order chi connectivity index (χ0) is 14.0. The first-order valence-electron chi connectivity index (χ1n) is 6.15. The van der Waals surface area contributed by atoms with Crippen LogP contribution in [0.3, 0.4) is 0 Å². The van der Waals surface area contributed by atoms with Crippen LogP contribution in [-0.4, -0.2) is 28.1 Å². The normalized spacial score (nSPS) is 17.6. The van der Waals surface area contributed by atoms with Crippen molar-refractivity contribution in [3.8, 4) is 0 Å². The predicted octanol–water partition coefficient (Wildman–Crippen LogP) is 1.34. The summed E-state index contributed by atoms with van der Waals surface area (Å²) in [5, 5.41) is 22.7. The van der Waals surface area contributed by atoms with Crippen LogP contribution in [0.4, 0.5) is 5.69 Å². The van der Waals surface area contributed by atoms with E-state index < -0.39 is 16.4 Å². The molecule has 0 aliphatic heterocycles. The van der Waals surface area contributed by atoms with E-state index in [1.54, 1.807) is 19.1 Å². The number of nitro groups is 1. The summed E-state index contributed by atoms with van der Waals surface area (Å²) in [6.45, 7) is 1.63. The summed E-state index contributed by atoms with van der Waals surface area (Å²) in [7, 11) is 0. The van der Waals surface area contributed by atoms with Gasteiger partial charge < -0.3 is 10.4 Å². The Morgan fingerprint density at radius 3 is 2.79 bits per heavy atom. The van der Waals surface area contributed by atoms with Gasteiger partial charge in [0.05, 0.1) is 23.0 Å². The summed E-state index contributed by atoms with van der Waals surface area (Å²) in [6, 6.07) is 6.05. The molecule has 19 heavy (non-hydrogen) atoms.